The van der Waals surface area contributed by atoms with Crippen molar-refractivity contribution in [2.75, 3.05) is 13.1 Å². The summed E-state index contributed by atoms with van der Waals surface area (Å²) < 4.78 is 13.7. The highest BCUT2D eigenvalue weighted by Gasteiger charge is 2.27. The summed E-state index contributed by atoms with van der Waals surface area (Å²) in [7, 11) is 0. The maximum absolute atomic E-state index is 13.7. The second-order valence-electron chi connectivity index (χ2n) is 4.99. The zero-order valence-electron chi connectivity index (χ0n) is 8.97. The first-order valence-corrected chi connectivity index (χ1v) is 6.21. The van der Waals surface area contributed by atoms with E-state index in [4.69, 9.17) is 0 Å². The molecular formula is C12H22FN. The van der Waals surface area contributed by atoms with E-state index in [1.54, 1.807) is 0 Å². The molecule has 1 aliphatic carbocycles. The second-order valence-corrected chi connectivity index (χ2v) is 4.99. The smallest absolute Gasteiger partial charge is 0.104 e. The van der Waals surface area contributed by atoms with Gasteiger partial charge in [-0.3, -0.25) is 0 Å². The van der Waals surface area contributed by atoms with Gasteiger partial charge < -0.3 is 5.32 Å². The molecule has 14 heavy (non-hydrogen) atoms. The van der Waals surface area contributed by atoms with E-state index in [-0.39, 0.29) is 0 Å². The summed E-state index contributed by atoms with van der Waals surface area (Å²) in [6.07, 6.45) is 7.88. The number of nitrogens with one attached hydrogen (secondary N) is 1. The minimum atomic E-state index is -0.536. The first-order valence-electron chi connectivity index (χ1n) is 6.21. The van der Waals surface area contributed by atoms with Crippen molar-refractivity contribution in [2.45, 2.75) is 51.1 Å². The predicted molar refractivity (Wildman–Crippen MR) is 57.1 cm³/mol. The van der Waals surface area contributed by atoms with Crippen LogP contribution in [0.15, 0.2) is 0 Å². The molecule has 2 fully saturated rings. The summed E-state index contributed by atoms with van der Waals surface area (Å²) in [5.74, 6) is 1.20. The van der Waals surface area contributed by atoms with Gasteiger partial charge in [-0.1, -0.05) is 25.7 Å². The van der Waals surface area contributed by atoms with Gasteiger partial charge in [0.2, 0.25) is 0 Å². The topological polar surface area (TPSA) is 12.0 Å². The van der Waals surface area contributed by atoms with E-state index in [2.05, 4.69) is 5.32 Å². The van der Waals surface area contributed by atoms with E-state index in [1.165, 1.54) is 25.7 Å². The summed E-state index contributed by atoms with van der Waals surface area (Å²) in [4.78, 5) is 0. The van der Waals surface area contributed by atoms with Crippen LogP contribution in [0.3, 0.4) is 0 Å². The van der Waals surface area contributed by atoms with Crippen LogP contribution in [-0.4, -0.2) is 19.3 Å². The Morgan fingerprint density at radius 1 is 1.00 bits per heavy atom. The molecule has 0 bridgehead atoms. The molecule has 82 valence electrons. The zero-order valence-corrected chi connectivity index (χ0v) is 8.97. The van der Waals surface area contributed by atoms with Crippen molar-refractivity contribution in [3.05, 3.63) is 0 Å². The van der Waals surface area contributed by atoms with Crippen molar-refractivity contribution >= 4 is 0 Å². The van der Waals surface area contributed by atoms with Gasteiger partial charge >= 0.3 is 0 Å². The third-order valence-electron chi connectivity index (χ3n) is 3.91. The highest BCUT2D eigenvalue weighted by Crippen LogP contribution is 2.34. The summed E-state index contributed by atoms with van der Waals surface area (Å²) in [5.41, 5.74) is 0. The lowest BCUT2D eigenvalue weighted by Crippen LogP contribution is -2.18. The third-order valence-corrected chi connectivity index (χ3v) is 3.91. The van der Waals surface area contributed by atoms with Gasteiger partial charge in [0, 0.05) is 0 Å². The lowest BCUT2D eigenvalue weighted by atomic mass is 9.87. The van der Waals surface area contributed by atoms with E-state index >= 15 is 0 Å². The van der Waals surface area contributed by atoms with Gasteiger partial charge in [-0.05, 0) is 44.2 Å². The molecule has 2 unspecified atom stereocenters. The number of alkyl halides is 1. The average molecular weight is 199 g/mol. The minimum absolute atomic E-state index is 0.355. The Morgan fingerprint density at radius 2 is 1.71 bits per heavy atom. The summed E-state index contributed by atoms with van der Waals surface area (Å²) >= 11 is 0. The zero-order chi connectivity index (χ0) is 9.80. The lowest BCUT2D eigenvalue weighted by Gasteiger charge is -2.21. The van der Waals surface area contributed by atoms with Crippen LogP contribution in [0, 0.1) is 11.8 Å². The van der Waals surface area contributed by atoms with Crippen LogP contribution >= 0.6 is 0 Å². The van der Waals surface area contributed by atoms with Gasteiger partial charge in [0.1, 0.15) is 6.17 Å². The van der Waals surface area contributed by atoms with Crippen LogP contribution < -0.4 is 5.32 Å². The highest BCUT2D eigenvalue weighted by atomic mass is 19.1. The maximum Gasteiger partial charge on any atom is 0.104 e. The van der Waals surface area contributed by atoms with Gasteiger partial charge in [0.15, 0.2) is 0 Å². The standard InChI is InChI=1S/C12H22FN/c13-12-6-8-14-7-5-11(12)9-10-3-1-2-4-10/h10-12,14H,1-9H2. The van der Waals surface area contributed by atoms with Crippen molar-refractivity contribution in [3.63, 3.8) is 0 Å². The third kappa shape index (κ3) is 2.69. The average Bonchev–Trinajstić information content (AvgIpc) is 2.60. The van der Waals surface area contributed by atoms with Gasteiger partial charge in [0.05, 0.1) is 0 Å². The monoisotopic (exact) mass is 199 g/mol. The second kappa shape index (κ2) is 5.11. The Kier molecular flexibility index (Phi) is 3.80. The molecule has 0 amide bonds. The first-order chi connectivity index (χ1) is 6.86. The minimum Gasteiger partial charge on any atom is -0.317 e. The Bertz CT molecular complexity index is 166. The summed E-state index contributed by atoms with van der Waals surface area (Å²) in [5, 5.41) is 3.29. The Hall–Kier alpha value is -0.110. The number of hydrogen-bond donors (Lipinski definition) is 1. The van der Waals surface area contributed by atoms with Crippen LogP contribution in [0.1, 0.15) is 44.9 Å². The SMILES string of the molecule is FC1CCNCCC1CC1CCCC1. The molecule has 0 aromatic carbocycles. The molecule has 2 heteroatoms. The fourth-order valence-electron chi connectivity index (χ4n) is 3.01. The molecule has 1 saturated carbocycles. The molecule has 1 aliphatic heterocycles. The van der Waals surface area contributed by atoms with Crippen molar-refractivity contribution in [1.29, 1.82) is 0 Å². The lowest BCUT2D eigenvalue weighted by molar-refractivity contribution is 0.189. The van der Waals surface area contributed by atoms with E-state index in [1.807, 2.05) is 0 Å². The van der Waals surface area contributed by atoms with Crippen LogP contribution in [0.2, 0.25) is 0 Å². The molecule has 2 aliphatic rings. The van der Waals surface area contributed by atoms with Gasteiger partial charge in [0.25, 0.3) is 0 Å². The van der Waals surface area contributed by atoms with Crippen molar-refractivity contribution in [3.8, 4) is 0 Å². The van der Waals surface area contributed by atoms with Crippen LogP contribution in [0.4, 0.5) is 4.39 Å². The molecule has 0 radical (unpaired) electrons. The van der Waals surface area contributed by atoms with Crippen LogP contribution in [-0.2, 0) is 0 Å². The molecule has 2 rings (SSSR count). The summed E-state index contributed by atoms with van der Waals surface area (Å²) in [6.45, 7) is 1.90. The normalized spacial score (nSPS) is 35.8. The molecule has 1 N–H and O–H groups in total. The van der Waals surface area contributed by atoms with E-state index in [0.717, 1.165) is 38.3 Å². The van der Waals surface area contributed by atoms with Crippen molar-refractivity contribution in [1.82, 2.24) is 5.32 Å². The molecule has 1 nitrogen and oxygen atoms in total. The molecule has 2 atom stereocenters. The van der Waals surface area contributed by atoms with Gasteiger partial charge in [-0.2, -0.15) is 0 Å². The van der Waals surface area contributed by atoms with E-state index in [9.17, 15) is 4.39 Å². The van der Waals surface area contributed by atoms with E-state index < -0.39 is 6.17 Å². The maximum atomic E-state index is 13.7. The Balaban J connectivity index is 1.81. The first kappa shape index (κ1) is 10.4. The molecule has 0 aromatic heterocycles. The fraction of sp³-hybridized carbons (Fsp3) is 1.00. The van der Waals surface area contributed by atoms with Crippen LogP contribution in [0.5, 0.6) is 0 Å². The highest BCUT2D eigenvalue weighted by molar-refractivity contribution is 4.79. The Labute approximate surface area is 86.5 Å². The Morgan fingerprint density at radius 3 is 2.50 bits per heavy atom. The number of halogens is 1. The van der Waals surface area contributed by atoms with Crippen molar-refractivity contribution in [2.24, 2.45) is 11.8 Å². The van der Waals surface area contributed by atoms with E-state index in [0.29, 0.717) is 5.92 Å². The molecule has 0 spiro atoms. The molecule has 0 aromatic rings. The van der Waals surface area contributed by atoms with Crippen LogP contribution in [0.25, 0.3) is 0 Å². The fourth-order valence-corrected chi connectivity index (χ4v) is 3.01. The van der Waals surface area contributed by atoms with Gasteiger partial charge in [-0.15, -0.1) is 0 Å². The molecule has 1 saturated heterocycles. The molecule has 1 heterocycles. The summed E-state index contributed by atoms with van der Waals surface area (Å²) in [6, 6.07) is 0. The predicted octanol–water partition coefficient (Wildman–Crippen LogP) is 2.90. The quantitative estimate of drug-likeness (QED) is 0.721. The molecular weight excluding hydrogens is 177 g/mol. The number of rotatable bonds is 2. The van der Waals surface area contributed by atoms with Crippen molar-refractivity contribution < 1.29 is 4.39 Å². The largest absolute Gasteiger partial charge is 0.317 e. The van der Waals surface area contributed by atoms with Gasteiger partial charge in [-0.25, -0.2) is 4.39 Å². The number of hydrogen-bond acceptors (Lipinski definition) is 1.